The maximum absolute atomic E-state index is 11.1. The predicted octanol–water partition coefficient (Wildman–Crippen LogP) is 1.41. The highest BCUT2D eigenvalue weighted by Gasteiger charge is 2.47. The summed E-state index contributed by atoms with van der Waals surface area (Å²) in [6.45, 7) is 1.22. The highest BCUT2D eigenvalue weighted by molar-refractivity contribution is 5.68. The molecule has 1 saturated carbocycles. The summed E-state index contributed by atoms with van der Waals surface area (Å²) >= 11 is 0. The minimum atomic E-state index is -1.48. The van der Waals surface area contributed by atoms with Crippen LogP contribution in [0, 0.1) is 17.8 Å². The standard InChI is InChI=1S/C29H44O10/c1-2-3-4-7-18(38-29-28(36)27(35)26(34)24(14-30)39-29)9-10-19-20-11-16-6-5-8-23(37-15-25(32)33)21(16)12-17(20)13-22(19)31/h5-6,8,17-20,22,24,26-31,34-36H,2-4,7,9-15H2,1H3,(H,32,33)/t17-,18-,19+,20-,22+,24-,26-,27+,28-,29-/m1/s1. The lowest BCUT2D eigenvalue weighted by atomic mass is 9.73. The third kappa shape index (κ3) is 7.11. The normalized spacial score (nSPS) is 34.8. The Kier molecular flexibility index (Phi) is 10.6. The molecule has 1 aromatic rings. The molecule has 220 valence electrons. The largest absolute Gasteiger partial charge is 0.482 e. The van der Waals surface area contributed by atoms with Gasteiger partial charge in [0.15, 0.2) is 12.9 Å². The summed E-state index contributed by atoms with van der Waals surface area (Å²) in [6.07, 6.45) is -0.00325. The molecule has 1 heterocycles. The molecule has 0 unspecified atom stereocenters. The number of benzene rings is 1. The summed E-state index contributed by atoms with van der Waals surface area (Å²) in [5.74, 6) is 0.217. The third-order valence-electron chi connectivity index (χ3n) is 8.82. The highest BCUT2D eigenvalue weighted by Crippen LogP contribution is 2.48. The maximum atomic E-state index is 11.1. The fourth-order valence-electron chi connectivity index (χ4n) is 6.73. The van der Waals surface area contributed by atoms with Gasteiger partial charge in [-0.2, -0.15) is 0 Å². The lowest BCUT2D eigenvalue weighted by Crippen LogP contribution is -2.59. The minimum absolute atomic E-state index is 0.0684. The van der Waals surface area contributed by atoms with Crippen molar-refractivity contribution in [2.75, 3.05) is 13.2 Å². The smallest absolute Gasteiger partial charge is 0.341 e. The summed E-state index contributed by atoms with van der Waals surface area (Å²) < 4.78 is 17.3. The summed E-state index contributed by atoms with van der Waals surface area (Å²) in [5.41, 5.74) is 2.17. The first kappa shape index (κ1) is 30.2. The lowest BCUT2D eigenvalue weighted by Gasteiger charge is -2.41. The van der Waals surface area contributed by atoms with Gasteiger partial charge in [0.2, 0.25) is 0 Å². The zero-order valence-corrected chi connectivity index (χ0v) is 22.6. The second-order valence-corrected chi connectivity index (χ2v) is 11.4. The molecule has 10 nitrogen and oxygen atoms in total. The molecule has 10 heteroatoms. The molecule has 39 heavy (non-hydrogen) atoms. The van der Waals surface area contributed by atoms with Crippen LogP contribution in [0.1, 0.15) is 63.0 Å². The Labute approximate surface area is 229 Å². The van der Waals surface area contributed by atoms with Gasteiger partial charge in [-0.3, -0.25) is 0 Å². The number of carboxylic acids is 1. The number of hydrogen-bond acceptors (Lipinski definition) is 9. The van der Waals surface area contributed by atoms with E-state index in [0.717, 1.165) is 56.1 Å². The number of carboxylic acid groups (broad SMARTS) is 1. The third-order valence-corrected chi connectivity index (χ3v) is 8.82. The van der Waals surface area contributed by atoms with E-state index in [1.807, 2.05) is 12.1 Å². The number of aliphatic carboxylic acids is 1. The van der Waals surface area contributed by atoms with Crippen molar-refractivity contribution in [3.8, 4) is 5.75 Å². The van der Waals surface area contributed by atoms with Crippen molar-refractivity contribution in [2.45, 2.75) is 108 Å². The molecule has 0 radical (unpaired) electrons. The molecule has 6 N–H and O–H groups in total. The van der Waals surface area contributed by atoms with Gasteiger partial charge in [0.05, 0.1) is 18.8 Å². The van der Waals surface area contributed by atoms with Crippen molar-refractivity contribution in [3.05, 3.63) is 29.3 Å². The number of rotatable bonds is 13. The first-order valence-corrected chi connectivity index (χ1v) is 14.3. The molecule has 1 aliphatic heterocycles. The van der Waals surface area contributed by atoms with Crippen LogP contribution in [0.5, 0.6) is 5.75 Å². The van der Waals surface area contributed by atoms with Crippen LogP contribution in [0.4, 0.5) is 0 Å². The monoisotopic (exact) mass is 552 g/mol. The van der Waals surface area contributed by atoms with E-state index in [0.29, 0.717) is 18.6 Å². The second-order valence-electron chi connectivity index (χ2n) is 11.4. The molecule has 0 bridgehead atoms. The first-order valence-electron chi connectivity index (χ1n) is 14.3. The Morgan fingerprint density at radius 1 is 1.08 bits per heavy atom. The molecule has 1 saturated heterocycles. The van der Waals surface area contributed by atoms with Gasteiger partial charge in [0, 0.05) is 0 Å². The minimum Gasteiger partial charge on any atom is -0.482 e. The second kappa shape index (κ2) is 13.7. The van der Waals surface area contributed by atoms with E-state index in [1.165, 1.54) is 0 Å². The first-order chi connectivity index (χ1) is 18.7. The predicted molar refractivity (Wildman–Crippen MR) is 140 cm³/mol. The number of aliphatic hydroxyl groups is 5. The van der Waals surface area contributed by atoms with E-state index >= 15 is 0 Å². The van der Waals surface area contributed by atoms with Gasteiger partial charge in [-0.15, -0.1) is 0 Å². The van der Waals surface area contributed by atoms with E-state index in [4.69, 9.17) is 19.3 Å². The molecule has 4 rings (SSSR count). The van der Waals surface area contributed by atoms with E-state index in [2.05, 4.69) is 13.0 Å². The van der Waals surface area contributed by atoms with Crippen molar-refractivity contribution >= 4 is 5.97 Å². The molecule has 0 spiro atoms. The maximum Gasteiger partial charge on any atom is 0.341 e. The number of aliphatic hydroxyl groups excluding tert-OH is 5. The van der Waals surface area contributed by atoms with Gasteiger partial charge in [-0.25, -0.2) is 4.79 Å². The van der Waals surface area contributed by atoms with E-state index in [1.54, 1.807) is 0 Å². The summed E-state index contributed by atoms with van der Waals surface area (Å²) in [6, 6.07) is 5.74. The van der Waals surface area contributed by atoms with Crippen molar-refractivity contribution < 1.29 is 49.6 Å². The molecule has 0 amide bonds. The van der Waals surface area contributed by atoms with Gasteiger partial charge in [0.25, 0.3) is 0 Å². The van der Waals surface area contributed by atoms with E-state index in [9.17, 15) is 30.3 Å². The molecule has 0 aromatic heterocycles. The number of carbonyl (C=O) groups is 1. The number of fused-ring (bicyclic) bond motifs is 2. The van der Waals surface area contributed by atoms with Crippen LogP contribution in [0.15, 0.2) is 18.2 Å². The Morgan fingerprint density at radius 2 is 1.87 bits per heavy atom. The number of hydrogen-bond donors (Lipinski definition) is 6. The zero-order chi connectivity index (χ0) is 28.1. The SMILES string of the molecule is CCCCC[C@H](CC[C@H]1[C@@H]2Cc3cccc(OCC(=O)O)c3C[C@@H]2C[C@@H]1O)O[C@@H]1O[C@H](CO)[C@@H](O)[C@H](O)[C@H]1O. The molecule has 1 aromatic carbocycles. The van der Waals surface area contributed by atoms with Gasteiger partial charge in [-0.05, 0) is 73.5 Å². The summed E-state index contributed by atoms with van der Waals surface area (Å²) in [5, 5.41) is 60.4. The van der Waals surface area contributed by atoms with Crippen LogP contribution in [0.3, 0.4) is 0 Å². The van der Waals surface area contributed by atoms with Crippen LogP contribution in [-0.2, 0) is 27.1 Å². The summed E-state index contributed by atoms with van der Waals surface area (Å²) in [4.78, 5) is 11.0. The quantitative estimate of drug-likeness (QED) is 0.197. The molecule has 3 aliphatic rings. The summed E-state index contributed by atoms with van der Waals surface area (Å²) in [7, 11) is 0. The van der Waals surface area contributed by atoms with Crippen molar-refractivity contribution in [1.82, 2.24) is 0 Å². The molecule has 2 fully saturated rings. The van der Waals surface area contributed by atoms with Crippen molar-refractivity contribution in [1.29, 1.82) is 0 Å². The van der Waals surface area contributed by atoms with Crippen LogP contribution < -0.4 is 4.74 Å². The van der Waals surface area contributed by atoms with Gasteiger partial charge in [0.1, 0.15) is 30.2 Å². The highest BCUT2D eigenvalue weighted by atomic mass is 16.7. The Balaban J connectivity index is 1.42. The molecule has 2 aliphatic carbocycles. The fraction of sp³-hybridized carbons (Fsp3) is 0.759. The van der Waals surface area contributed by atoms with Gasteiger partial charge < -0.3 is 44.8 Å². The number of unbranched alkanes of at least 4 members (excludes halogenated alkanes) is 2. The molecular formula is C29H44O10. The van der Waals surface area contributed by atoms with Gasteiger partial charge in [-0.1, -0.05) is 38.3 Å². The van der Waals surface area contributed by atoms with Crippen LogP contribution in [0.2, 0.25) is 0 Å². The van der Waals surface area contributed by atoms with Crippen LogP contribution >= 0.6 is 0 Å². The van der Waals surface area contributed by atoms with E-state index in [-0.39, 0.29) is 30.5 Å². The fourth-order valence-corrected chi connectivity index (χ4v) is 6.73. The molecular weight excluding hydrogens is 508 g/mol. The average Bonchev–Trinajstić information content (AvgIpc) is 3.22. The Hall–Kier alpha value is -1.79. The lowest BCUT2D eigenvalue weighted by molar-refractivity contribution is -0.312. The van der Waals surface area contributed by atoms with Crippen molar-refractivity contribution in [2.24, 2.45) is 17.8 Å². The average molecular weight is 553 g/mol. The number of ether oxygens (including phenoxy) is 3. The Bertz CT molecular complexity index is 939. The zero-order valence-electron chi connectivity index (χ0n) is 22.6. The van der Waals surface area contributed by atoms with Gasteiger partial charge >= 0.3 is 5.97 Å². The van der Waals surface area contributed by atoms with E-state index < -0.39 is 49.4 Å². The molecule has 10 atom stereocenters. The Morgan fingerprint density at radius 3 is 2.59 bits per heavy atom. The topological polar surface area (TPSA) is 166 Å². The van der Waals surface area contributed by atoms with Crippen LogP contribution in [-0.4, -0.2) is 92.7 Å². The van der Waals surface area contributed by atoms with Crippen LogP contribution in [0.25, 0.3) is 0 Å². The van der Waals surface area contributed by atoms with Crippen molar-refractivity contribution in [3.63, 3.8) is 0 Å².